The quantitative estimate of drug-likeness (QED) is 0.934. The molecule has 19 heavy (non-hydrogen) atoms. The second kappa shape index (κ2) is 5.24. The van der Waals surface area contributed by atoms with Gasteiger partial charge in [-0.1, -0.05) is 23.7 Å². The van der Waals surface area contributed by atoms with E-state index in [0.717, 1.165) is 11.5 Å². The third-order valence-corrected chi connectivity index (χ3v) is 2.97. The van der Waals surface area contributed by atoms with Gasteiger partial charge in [-0.25, -0.2) is 4.98 Å². The Morgan fingerprint density at radius 3 is 2.95 bits per heavy atom. The monoisotopic (exact) mass is 274 g/mol. The van der Waals surface area contributed by atoms with E-state index in [4.69, 9.17) is 16.3 Å². The number of amidine groups is 1. The molecule has 2 aromatic rings. The number of hydrogen-bond acceptors (Lipinski definition) is 5. The molecule has 0 amide bonds. The van der Waals surface area contributed by atoms with Gasteiger partial charge in [0.15, 0.2) is 5.82 Å². The van der Waals surface area contributed by atoms with Crippen molar-refractivity contribution in [3.63, 3.8) is 0 Å². The average Bonchev–Trinajstić information content (AvgIpc) is 2.46. The van der Waals surface area contributed by atoms with Gasteiger partial charge in [-0.3, -0.25) is 9.98 Å². The van der Waals surface area contributed by atoms with Gasteiger partial charge in [-0.15, -0.1) is 0 Å². The van der Waals surface area contributed by atoms with Gasteiger partial charge in [0, 0.05) is 12.4 Å². The number of para-hydroxylation sites is 1. The van der Waals surface area contributed by atoms with Gasteiger partial charge in [0.2, 0.25) is 0 Å². The van der Waals surface area contributed by atoms with Crippen LogP contribution in [0.15, 0.2) is 41.7 Å². The Labute approximate surface area is 115 Å². The third-order valence-electron chi connectivity index (χ3n) is 2.66. The van der Waals surface area contributed by atoms with Crippen molar-refractivity contribution in [1.29, 1.82) is 0 Å². The first kappa shape index (κ1) is 11.9. The molecule has 2 heterocycles. The molecule has 0 atom stereocenters. The lowest BCUT2D eigenvalue weighted by atomic mass is 10.3. The Kier molecular flexibility index (Phi) is 3.29. The number of aliphatic imine (C=N–C) groups is 1. The van der Waals surface area contributed by atoms with Crippen molar-refractivity contribution < 1.29 is 4.74 Å². The summed E-state index contributed by atoms with van der Waals surface area (Å²) in [6, 6.07) is 7.34. The second-order valence-corrected chi connectivity index (χ2v) is 4.37. The summed E-state index contributed by atoms with van der Waals surface area (Å²) in [6.07, 6.45) is 3.30. The highest BCUT2D eigenvalue weighted by molar-refractivity contribution is 6.32. The molecule has 0 aliphatic carbocycles. The fourth-order valence-electron chi connectivity index (χ4n) is 1.72. The topological polar surface area (TPSA) is 59.4 Å². The van der Waals surface area contributed by atoms with Crippen LogP contribution in [0.5, 0.6) is 5.75 Å². The Balaban J connectivity index is 1.67. The minimum Gasteiger partial charge on any atom is -0.484 e. The summed E-state index contributed by atoms with van der Waals surface area (Å²) >= 11 is 6.02. The van der Waals surface area contributed by atoms with Gasteiger partial charge < -0.3 is 10.1 Å². The molecular weight excluding hydrogens is 264 g/mol. The molecule has 0 fully saturated rings. The zero-order valence-electron chi connectivity index (χ0n) is 10.0. The smallest absolute Gasteiger partial charge is 0.155 e. The standard InChI is InChI=1S/C13H11ClN4O/c14-9-3-1-2-4-11(9)19-8-12-17-7-10-13(18-12)16-6-5-15-10/h1-6H,7-8H2,(H,16,17,18). The van der Waals surface area contributed by atoms with Gasteiger partial charge in [-0.2, -0.15) is 0 Å². The maximum absolute atomic E-state index is 6.02. The van der Waals surface area contributed by atoms with Crippen LogP contribution < -0.4 is 10.1 Å². The normalized spacial score (nSPS) is 13.2. The van der Waals surface area contributed by atoms with Gasteiger partial charge >= 0.3 is 0 Å². The van der Waals surface area contributed by atoms with Crippen molar-refractivity contribution >= 4 is 23.3 Å². The average molecular weight is 275 g/mol. The number of benzene rings is 1. The van der Waals surface area contributed by atoms with Gasteiger partial charge in [0.1, 0.15) is 23.9 Å². The maximum Gasteiger partial charge on any atom is 0.155 e. The summed E-state index contributed by atoms with van der Waals surface area (Å²) in [5.74, 6) is 2.08. The number of rotatable bonds is 3. The third kappa shape index (κ3) is 2.66. The minimum absolute atomic E-state index is 0.319. The van der Waals surface area contributed by atoms with Gasteiger partial charge in [0.25, 0.3) is 0 Å². The van der Waals surface area contributed by atoms with Crippen LogP contribution in [0.2, 0.25) is 5.02 Å². The lowest BCUT2D eigenvalue weighted by Crippen LogP contribution is -2.25. The first-order chi connectivity index (χ1) is 9.33. The predicted octanol–water partition coefficient (Wildman–Crippen LogP) is 2.53. The maximum atomic E-state index is 6.02. The molecule has 0 unspecified atom stereocenters. The molecule has 0 saturated carbocycles. The van der Waals surface area contributed by atoms with E-state index >= 15 is 0 Å². The van der Waals surface area contributed by atoms with Crippen LogP contribution in [0.25, 0.3) is 0 Å². The molecule has 1 N–H and O–H groups in total. The Morgan fingerprint density at radius 2 is 2.05 bits per heavy atom. The summed E-state index contributed by atoms with van der Waals surface area (Å²) in [7, 11) is 0. The number of nitrogens with one attached hydrogen (secondary N) is 1. The van der Waals surface area contributed by atoms with Crippen molar-refractivity contribution in [3.8, 4) is 5.75 Å². The van der Waals surface area contributed by atoms with E-state index in [-0.39, 0.29) is 0 Å². The molecule has 1 aliphatic rings. The van der Waals surface area contributed by atoms with E-state index in [9.17, 15) is 0 Å². The molecule has 0 bridgehead atoms. The highest BCUT2D eigenvalue weighted by Crippen LogP contribution is 2.23. The predicted molar refractivity (Wildman–Crippen MR) is 73.7 cm³/mol. The highest BCUT2D eigenvalue weighted by atomic mass is 35.5. The lowest BCUT2D eigenvalue weighted by molar-refractivity contribution is 0.376. The van der Waals surface area contributed by atoms with Crippen molar-refractivity contribution in [3.05, 3.63) is 47.4 Å². The molecule has 1 aliphatic heterocycles. The summed E-state index contributed by atoms with van der Waals surface area (Å²) in [6.45, 7) is 0.830. The fourth-order valence-corrected chi connectivity index (χ4v) is 1.91. The number of ether oxygens (including phenoxy) is 1. The van der Waals surface area contributed by atoms with Gasteiger partial charge in [-0.05, 0) is 12.1 Å². The van der Waals surface area contributed by atoms with Crippen LogP contribution >= 0.6 is 11.6 Å². The molecule has 0 spiro atoms. The number of fused-ring (bicyclic) bond motifs is 1. The number of nitrogens with zero attached hydrogens (tertiary/aromatic N) is 3. The van der Waals surface area contributed by atoms with Crippen LogP contribution in [0.1, 0.15) is 5.69 Å². The highest BCUT2D eigenvalue weighted by Gasteiger charge is 2.13. The Morgan fingerprint density at radius 1 is 1.21 bits per heavy atom. The summed E-state index contributed by atoms with van der Waals surface area (Å²) in [5, 5.41) is 3.68. The SMILES string of the molecule is Clc1ccccc1OCC1=NCc2nccnc2N1. The van der Waals surface area contributed by atoms with Crippen LogP contribution in [0.4, 0.5) is 5.82 Å². The molecule has 6 heteroatoms. The summed E-state index contributed by atoms with van der Waals surface area (Å²) in [5.41, 5.74) is 0.837. The number of halogens is 1. The molecule has 1 aromatic heterocycles. The van der Waals surface area contributed by atoms with Crippen LogP contribution in [0.3, 0.4) is 0 Å². The molecule has 0 radical (unpaired) electrons. The molecule has 96 valence electrons. The molecular formula is C13H11ClN4O. The first-order valence-corrected chi connectivity index (χ1v) is 6.18. The van der Waals surface area contributed by atoms with Crippen molar-refractivity contribution in [2.75, 3.05) is 11.9 Å². The molecule has 3 rings (SSSR count). The van der Waals surface area contributed by atoms with E-state index in [1.807, 2.05) is 18.2 Å². The van der Waals surface area contributed by atoms with E-state index < -0.39 is 0 Å². The minimum atomic E-state index is 0.319. The second-order valence-electron chi connectivity index (χ2n) is 3.96. The van der Waals surface area contributed by atoms with E-state index in [1.54, 1.807) is 18.5 Å². The molecule has 1 aromatic carbocycles. The Hall–Kier alpha value is -2.14. The fraction of sp³-hybridized carbons (Fsp3) is 0.154. The molecule has 5 nitrogen and oxygen atoms in total. The van der Waals surface area contributed by atoms with Crippen molar-refractivity contribution in [2.45, 2.75) is 6.54 Å². The van der Waals surface area contributed by atoms with E-state index in [2.05, 4.69) is 20.3 Å². The van der Waals surface area contributed by atoms with E-state index in [0.29, 0.717) is 29.8 Å². The van der Waals surface area contributed by atoms with Crippen LogP contribution in [-0.2, 0) is 6.54 Å². The Bertz CT molecular complexity index is 630. The summed E-state index contributed by atoms with van der Waals surface area (Å²) in [4.78, 5) is 12.7. The van der Waals surface area contributed by atoms with Crippen LogP contribution in [0, 0.1) is 0 Å². The largest absolute Gasteiger partial charge is 0.484 e. The number of aromatic nitrogens is 2. The van der Waals surface area contributed by atoms with Crippen LogP contribution in [-0.4, -0.2) is 22.4 Å². The first-order valence-electron chi connectivity index (χ1n) is 5.80. The molecule has 0 saturated heterocycles. The van der Waals surface area contributed by atoms with Crippen molar-refractivity contribution in [2.24, 2.45) is 4.99 Å². The summed E-state index contributed by atoms with van der Waals surface area (Å²) < 4.78 is 5.62. The zero-order chi connectivity index (χ0) is 13.1. The van der Waals surface area contributed by atoms with Gasteiger partial charge in [0.05, 0.1) is 11.6 Å². The van der Waals surface area contributed by atoms with Crippen molar-refractivity contribution in [1.82, 2.24) is 9.97 Å². The number of hydrogen-bond donors (Lipinski definition) is 1. The van der Waals surface area contributed by atoms with E-state index in [1.165, 1.54) is 0 Å². The number of anilines is 1. The lowest BCUT2D eigenvalue weighted by Gasteiger charge is -2.17. The zero-order valence-corrected chi connectivity index (χ0v) is 10.8.